The number of likely N-dealkylation sites (tertiary alicyclic amines) is 1. The molecule has 2 aromatic carbocycles. The van der Waals surface area contributed by atoms with Gasteiger partial charge in [-0.3, -0.25) is 9.69 Å². The average Bonchev–Trinajstić information content (AvgIpc) is 3.05. The number of hydrogen-bond acceptors (Lipinski definition) is 4. The lowest BCUT2D eigenvalue weighted by molar-refractivity contribution is -0.130. The molecule has 0 unspecified atom stereocenters. The van der Waals surface area contributed by atoms with E-state index in [1.807, 2.05) is 47.4 Å². The highest BCUT2D eigenvalue weighted by Crippen LogP contribution is 2.29. The van der Waals surface area contributed by atoms with Gasteiger partial charge < -0.3 is 14.7 Å². The summed E-state index contributed by atoms with van der Waals surface area (Å²) in [4.78, 5) is 27.5. The summed E-state index contributed by atoms with van der Waals surface area (Å²) in [6.07, 6.45) is -0.00815. The number of fused-ring (bicyclic) bond motifs is 1. The number of hydrogen-bond donors (Lipinski definition) is 1. The lowest BCUT2D eigenvalue weighted by Crippen LogP contribution is -2.54. The zero-order valence-electron chi connectivity index (χ0n) is 14.2. The van der Waals surface area contributed by atoms with E-state index in [0.29, 0.717) is 6.54 Å². The van der Waals surface area contributed by atoms with Gasteiger partial charge in [0.1, 0.15) is 6.61 Å². The van der Waals surface area contributed by atoms with Crippen LogP contribution < -0.4 is 4.90 Å². The molecule has 26 heavy (non-hydrogen) atoms. The van der Waals surface area contributed by atoms with E-state index in [2.05, 4.69) is 4.90 Å². The molecule has 0 bridgehead atoms. The van der Waals surface area contributed by atoms with Crippen LogP contribution in [-0.4, -0.2) is 53.7 Å². The molecule has 1 amide bonds. The van der Waals surface area contributed by atoms with Crippen molar-refractivity contribution in [3.63, 3.8) is 0 Å². The fourth-order valence-corrected chi connectivity index (χ4v) is 3.74. The molecule has 1 N–H and O–H groups in total. The third-order valence-electron chi connectivity index (χ3n) is 4.98. The molecule has 4 rings (SSSR count). The molecule has 0 radical (unpaired) electrons. The maximum Gasteiger partial charge on any atom is 0.335 e. The van der Waals surface area contributed by atoms with Gasteiger partial charge in [0.05, 0.1) is 17.7 Å². The third kappa shape index (κ3) is 3.21. The first-order valence-corrected chi connectivity index (χ1v) is 8.65. The van der Waals surface area contributed by atoms with Gasteiger partial charge in [0.2, 0.25) is 0 Å². The standard InChI is InChI=1S/C20H20N2O4/c23-19-13-26-18-12-21(10-14-6-8-15(9-7-14)20(24)25)11-17(18)22(19)16-4-2-1-3-5-16/h1-9,17-18H,10-13H2,(H,24,25)/t17-,18+/m1/s1. The zero-order valence-corrected chi connectivity index (χ0v) is 14.2. The lowest BCUT2D eigenvalue weighted by Gasteiger charge is -2.36. The quantitative estimate of drug-likeness (QED) is 0.911. The van der Waals surface area contributed by atoms with Crippen LogP contribution in [0.2, 0.25) is 0 Å². The number of carboxylic acid groups (broad SMARTS) is 1. The number of para-hydroxylation sites is 1. The molecule has 134 valence electrons. The Morgan fingerprint density at radius 3 is 2.50 bits per heavy atom. The number of nitrogens with zero attached hydrogens (tertiary/aromatic N) is 2. The molecule has 2 fully saturated rings. The van der Waals surface area contributed by atoms with Crippen LogP contribution in [0.5, 0.6) is 0 Å². The van der Waals surface area contributed by atoms with Gasteiger partial charge in [0.15, 0.2) is 0 Å². The second kappa shape index (κ2) is 6.90. The molecule has 2 aromatic rings. The molecule has 2 saturated heterocycles. The fraction of sp³-hybridized carbons (Fsp3) is 0.300. The van der Waals surface area contributed by atoms with E-state index in [1.165, 1.54) is 0 Å². The van der Waals surface area contributed by atoms with E-state index in [4.69, 9.17) is 9.84 Å². The Bertz CT molecular complexity index is 806. The van der Waals surface area contributed by atoms with Gasteiger partial charge in [-0.1, -0.05) is 30.3 Å². The highest BCUT2D eigenvalue weighted by atomic mass is 16.5. The van der Waals surface area contributed by atoms with Crippen LogP contribution in [0.1, 0.15) is 15.9 Å². The molecule has 2 aliphatic heterocycles. The Morgan fingerprint density at radius 1 is 1.08 bits per heavy atom. The minimum absolute atomic E-state index is 0.00283. The van der Waals surface area contributed by atoms with Crippen molar-refractivity contribution in [2.75, 3.05) is 24.6 Å². The molecular formula is C20H20N2O4. The molecule has 0 aromatic heterocycles. The summed E-state index contributed by atoms with van der Waals surface area (Å²) in [7, 11) is 0. The summed E-state index contributed by atoms with van der Waals surface area (Å²) in [5.74, 6) is -0.931. The Labute approximate surface area is 151 Å². The van der Waals surface area contributed by atoms with E-state index in [-0.39, 0.29) is 30.2 Å². The number of ether oxygens (including phenoxy) is 1. The summed E-state index contributed by atoms with van der Waals surface area (Å²) in [6.45, 7) is 2.29. The minimum Gasteiger partial charge on any atom is -0.478 e. The Kier molecular flexibility index (Phi) is 4.44. The second-order valence-corrected chi connectivity index (χ2v) is 6.71. The molecule has 6 heteroatoms. The van der Waals surface area contributed by atoms with Crippen LogP contribution >= 0.6 is 0 Å². The Balaban J connectivity index is 1.49. The largest absolute Gasteiger partial charge is 0.478 e. The van der Waals surface area contributed by atoms with Crippen LogP contribution in [0.25, 0.3) is 0 Å². The van der Waals surface area contributed by atoms with Crippen molar-refractivity contribution >= 4 is 17.6 Å². The normalized spacial score (nSPS) is 23.1. The first kappa shape index (κ1) is 16.8. The zero-order chi connectivity index (χ0) is 18.1. The maximum atomic E-state index is 12.4. The van der Waals surface area contributed by atoms with Crippen LogP contribution in [-0.2, 0) is 16.1 Å². The maximum absolute atomic E-state index is 12.4. The van der Waals surface area contributed by atoms with Gasteiger partial charge in [-0.25, -0.2) is 4.79 Å². The van der Waals surface area contributed by atoms with E-state index >= 15 is 0 Å². The number of aromatic carboxylic acids is 1. The van der Waals surface area contributed by atoms with Gasteiger partial charge in [-0.15, -0.1) is 0 Å². The third-order valence-corrected chi connectivity index (χ3v) is 4.98. The number of rotatable bonds is 4. The average molecular weight is 352 g/mol. The van der Waals surface area contributed by atoms with Crippen LogP contribution in [0.3, 0.4) is 0 Å². The molecule has 6 nitrogen and oxygen atoms in total. The smallest absolute Gasteiger partial charge is 0.335 e. The summed E-state index contributed by atoms with van der Waals surface area (Å²) in [5.41, 5.74) is 2.24. The lowest BCUT2D eigenvalue weighted by atomic mass is 10.1. The topological polar surface area (TPSA) is 70.1 Å². The first-order chi connectivity index (χ1) is 12.6. The first-order valence-electron chi connectivity index (χ1n) is 8.65. The van der Waals surface area contributed by atoms with Gasteiger partial charge in [-0.05, 0) is 29.8 Å². The van der Waals surface area contributed by atoms with Crippen molar-refractivity contribution in [3.8, 4) is 0 Å². The summed E-state index contributed by atoms with van der Waals surface area (Å²) >= 11 is 0. The Morgan fingerprint density at radius 2 is 1.81 bits per heavy atom. The number of amides is 1. The van der Waals surface area contributed by atoms with Crippen molar-refractivity contribution in [2.24, 2.45) is 0 Å². The molecule has 0 spiro atoms. The number of morpholine rings is 1. The van der Waals surface area contributed by atoms with E-state index in [9.17, 15) is 9.59 Å². The molecule has 0 aliphatic carbocycles. The van der Waals surface area contributed by atoms with Crippen LogP contribution in [0, 0.1) is 0 Å². The number of carbonyl (C=O) groups is 2. The van der Waals surface area contributed by atoms with E-state index in [0.717, 1.165) is 24.3 Å². The molecular weight excluding hydrogens is 332 g/mol. The van der Waals surface area contributed by atoms with Crippen molar-refractivity contribution in [1.29, 1.82) is 0 Å². The molecule has 0 saturated carbocycles. The van der Waals surface area contributed by atoms with E-state index < -0.39 is 5.97 Å². The van der Waals surface area contributed by atoms with Crippen molar-refractivity contribution in [3.05, 3.63) is 65.7 Å². The molecule has 2 heterocycles. The summed E-state index contributed by atoms with van der Waals surface area (Å²) in [6, 6.07) is 16.6. The number of carboxylic acids is 1. The summed E-state index contributed by atoms with van der Waals surface area (Å²) in [5, 5.41) is 9.00. The predicted molar refractivity (Wildman–Crippen MR) is 96.1 cm³/mol. The Hall–Kier alpha value is -2.70. The number of anilines is 1. The second-order valence-electron chi connectivity index (χ2n) is 6.71. The monoisotopic (exact) mass is 352 g/mol. The predicted octanol–water partition coefficient (Wildman–Crippen LogP) is 2.00. The minimum atomic E-state index is -0.922. The number of carbonyl (C=O) groups excluding carboxylic acids is 1. The van der Waals surface area contributed by atoms with Crippen LogP contribution in [0.15, 0.2) is 54.6 Å². The summed E-state index contributed by atoms with van der Waals surface area (Å²) < 4.78 is 5.77. The van der Waals surface area contributed by atoms with Crippen LogP contribution in [0.4, 0.5) is 5.69 Å². The van der Waals surface area contributed by atoms with Gasteiger partial charge in [0, 0.05) is 25.3 Å². The van der Waals surface area contributed by atoms with Crippen molar-refractivity contribution in [2.45, 2.75) is 18.7 Å². The van der Waals surface area contributed by atoms with E-state index in [1.54, 1.807) is 12.1 Å². The van der Waals surface area contributed by atoms with Crippen molar-refractivity contribution in [1.82, 2.24) is 4.90 Å². The number of benzene rings is 2. The SMILES string of the molecule is O=C(O)c1ccc(CN2C[C@@H]3OCC(=O)N(c4ccccc4)[C@@H]3C2)cc1. The van der Waals surface area contributed by atoms with Crippen molar-refractivity contribution < 1.29 is 19.4 Å². The van der Waals surface area contributed by atoms with Gasteiger partial charge >= 0.3 is 5.97 Å². The molecule has 2 atom stereocenters. The fourth-order valence-electron chi connectivity index (χ4n) is 3.74. The molecule has 2 aliphatic rings. The highest BCUT2D eigenvalue weighted by molar-refractivity contribution is 5.95. The van der Waals surface area contributed by atoms with Gasteiger partial charge in [0.25, 0.3) is 5.91 Å². The highest BCUT2D eigenvalue weighted by Gasteiger charge is 2.43. The van der Waals surface area contributed by atoms with Gasteiger partial charge in [-0.2, -0.15) is 0 Å².